The number of oxazole rings is 1. The van der Waals surface area contributed by atoms with Crippen molar-refractivity contribution in [2.75, 3.05) is 6.61 Å². The Morgan fingerprint density at radius 1 is 1.05 bits per heavy atom. The summed E-state index contributed by atoms with van der Waals surface area (Å²) in [7, 11) is 0. The molecular weight excluding hydrogens is 514 g/mol. The lowest BCUT2D eigenvalue weighted by molar-refractivity contribution is -0.140. The minimum absolute atomic E-state index is 0.0109. The van der Waals surface area contributed by atoms with E-state index in [0.29, 0.717) is 41.8 Å². The van der Waals surface area contributed by atoms with Gasteiger partial charge in [-0.2, -0.15) is 5.10 Å². The first-order valence-electron chi connectivity index (χ1n) is 13.8. The van der Waals surface area contributed by atoms with Crippen LogP contribution in [0.25, 0.3) is 22.7 Å². The molecule has 2 fully saturated rings. The zero-order valence-electron chi connectivity index (χ0n) is 22.7. The van der Waals surface area contributed by atoms with Gasteiger partial charge in [0.15, 0.2) is 0 Å². The predicted molar refractivity (Wildman–Crippen MR) is 145 cm³/mol. The normalized spacial score (nSPS) is 15.8. The molecule has 3 aromatic rings. The number of nitrogens with zero attached hydrogens (tertiary/aromatic N) is 3. The van der Waals surface area contributed by atoms with Crippen molar-refractivity contribution >= 4 is 17.8 Å². The number of nitrogens with one attached hydrogen (secondary N) is 2. The Labute approximate surface area is 232 Å². The molecule has 11 heteroatoms. The van der Waals surface area contributed by atoms with E-state index in [1.165, 1.54) is 6.20 Å². The first kappa shape index (κ1) is 27.6. The van der Waals surface area contributed by atoms with Crippen LogP contribution in [0.5, 0.6) is 0 Å². The highest BCUT2D eigenvalue weighted by Crippen LogP contribution is 2.44. The van der Waals surface area contributed by atoms with Crippen molar-refractivity contribution in [1.82, 2.24) is 25.4 Å². The van der Waals surface area contributed by atoms with Crippen LogP contribution in [0.1, 0.15) is 67.0 Å². The van der Waals surface area contributed by atoms with Crippen molar-refractivity contribution in [3.8, 4) is 22.7 Å². The topological polar surface area (TPSA) is 160 Å². The summed E-state index contributed by atoms with van der Waals surface area (Å²) in [5.41, 5.74) is 2.36. The number of amides is 2. The molecule has 4 N–H and O–H groups in total. The van der Waals surface area contributed by atoms with Crippen molar-refractivity contribution in [2.45, 2.75) is 64.6 Å². The fourth-order valence-electron chi connectivity index (χ4n) is 4.94. The number of carboxylic acids is 1. The van der Waals surface area contributed by atoms with Gasteiger partial charge in [-0.3, -0.25) is 14.3 Å². The van der Waals surface area contributed by atoms with Crippen LogP contribution >= 0.6 is 0 Å². The van der Waals surface area contributed by atoms with Gasteiger partial charge in [0.25, 0.3) is 11.8 Å². The average molecular weight is 550 g/mol. The van der Waals surface area contributed by atoms with Crippen LogP contribution in [-0.4, -0.2) is 61.5 Å². The maximum Gasteiger partial charge on any atom is 0.326 e. The first-order chi connectivity index (χ1) is 19.2. The zero-order valence-corrected chi connectivity index (χ0v) is 22.7. The number of hydrogen-bond acceptors (Lipinski definition) is 7. The molecule has 0 saturated heterocycles. The Morgan fingerprint density at radius 2 is 1.75 bits per heavy atom. The molecule has 5 rings (SSSR count). The standard InChI is InChI=1S/C29H35N5O6/c1-16(2)24(29(38)39)31-27(37)23-15-30-28(40-23)20-6-3-5-19(13-20)21-14-22(34(33-21)11-4-12-35)26(36)32-25(17-7-8-17)18-9-10-18/h3,5-6,13-18,24-25,35H,4,7-12H2,1-2H3,(H,31,37)(H,32,36)(H,38,39)/t24-/m0/s1. The molecule has 0 radical (unpaired) electrons. The first-order valence-corrected chi connectivity index (χ1v) is 13.8. The quantitative estimate of drug-likeness (QED) is 0.253. The summed E-state index contributed by atoms with van der Waals surface area (Å²) in [6, 6.07) is 8.16. The number of aliphatic carboxylic acids is 1. The van der Waals surface area contributed by atoms with Crippen LogP contribution in [0.3, 0.4) is 0 Å². The predicted octanol–water partition coefficient (Wildman–Crippen LogP) is 3.34. The Kier molecular flexibility index (Phi) is 8.02. The van der Waals surface area contributed by atoms with E-state index in [4.69, 9.17) is 4.42 Å². The molecule has 2 amide bonds. The van der Waals surface area contributed by atoms with Crippen LogP contribution in [0, 0.1) is 17.8 Å². The molecule has 0 spiro atoms. The van der Waals surface area contributed by atoms with Crippen molar-refractivity contribution in [2.24, 2.45) is 17.8 Å². The minimum atomic E-state index is -1.13. The monoisotopic (exact) mass is 549 g/mol. The van der Waals surface area contributed by atoms with Gasteiger partial charge in [0, 0.05) is 30.3 Å². The number of benzene rings is 1. The van der Waals surface area contributed by atoms with Crippen molar-refractivity contribution in [3.05, 3.63) is 48.0 Å². The fraction of sp³-hybridized carbons (Fsp3) is 0.483. The summed E-state index contributed by atoms with van der Waals surface area (Å²) in [6.45, 7) is 3.80. The summed E-state index contributed by atoms with van der Waals surface area (Å²) >= 11 is 0. The number of aromatic nitrogens is 3. The molecule has 2 aliphatic rings. The lowest BCUT2D eigenvalue weighted by Crippen LogP contribution is -2.44. The molecule has 0 aliphatic heterocycles. The summed E-state index contributed by atoms with van der Waals surface area (Å²) < 4.78 is 7.31. The van der Waals surface area contributed by atoms with Gasteiger partial charge in [-0.1, -0.05) is 26.0 Å². The molecular formula is C29H35N5O6. The average Bonchev–Trinajstić information content (AvgIpc) is 3.87. The summed E-state index contributed by atoms with van der Waals surface area (Å²) in [6.07, 6.45) is 6.36. The Morgan fingerprint density at radius 3 is 2.38 bits per heavy atom. The lowest BCUT2D eigenvalue weighted by Gasteiger charge is -2.18. The van der Waals surface area contributed by atoms with Crippen LogP contribution in [0.15, 0.2) is 40.9 Å². The molecule has 40 heavy (non-hydrogen) atoms. The number of rotatable bonds is 13. The number of aliphatic hydroxyl groups is 1. The smallest absolute Gasteiger partial charge is 0.326 e. The Bertz CT molecular complexity index is 1370. The second-order valence-corrected chi connectivity index (χ2v) is 11.0. The molecule has 2 heterocycles. The number of carboxylic acid groups (broad SMARTS) is 1. The van der Waals surface area contributed by atoms with Gasteiger partial charge in [-0.05, 0) is 68.1 Å². The summed E-state index contributed by atoms with van der Waals surface area (Å²) in [5, 5.41) is 29.1. The van der Waals surface area contributed by atoms with E-state index < -0.39 is 17.9 Å². The highest BCUT2D eigenvalue weighted by Gasteiger charge is 2.42. The summed E-state index contributed by atoms with van der Waals surface area (Å²) in [5.74, 6) is -1.02. The third kappa shape index (κ3) is 6.25. The number of aliphatic hydroxyl groups excluding tert-OH is 1. The van der Waals surface area contributed by atoms with E-state index in [2.05, 4.69) is 20.7 Å². The molecule has 2 saturated carbocycles. The Balaban J connectivity index is 1.36. The lowest BCUT2D eigenvalue weighted by atomic mass is 10.0. The number of carbonyl (C=O) groups excluding carboxylic acids is 2. The van der Waals surface area contributed by atoms with Gasteiger partial charge in [-0.25, -0.2) is 9.78 Å². The van der Waals surface area contributed by atoms with Gasteiger partial charge in [-0.15, -0.1) is 0 Å². The molecule has 0 unspecified atom stereocenters. The van der Waals surface area contributed by atoms with Crippen LogP contribution in [0.2, 0.25) is 0 Å². The summed E-state index contributed by atoms with van der Waals surface area (Å²) in [4.78, 5) is 41.6. The minimum Gasteiger partial charge on any atom is -0.480 e. The molecule has 0 bridgehead atoms. The zero-order chi connectivity index (χ0) is 28.4. The highest BCUT2D eigenvalue weighted by atomic mass is 16.4. The van der Waals surface area contributed by atoms with Gasteiger partial charge < -0.3 is 25.3 Å². The van der Waals surface area contributed by atoms with E-state index in [1.54, 1.807) is 42.8 Å². The van der Waals surface area contributed by atoms with Crippen LogP contribution in [-0.2, 0) is 11.3 Å². The largest absolute Gasteiger partial charge is 0.480 e. The molecule has 212 valence electrons. The van der Waals surface area contributed by atoms with E-state index >= 15 is 0 Å². The highest BCUT2D eigenvalue weighted by molar-refractivity contribution is 5.95. The van der Waals surface area contributed by atoms with Gasteiger partial charge in [0.05, 0.1) is 11.9 Å². The maximum atomic E-state index is 13.3. The molecule has 1 atom stereocenters. The second kappa shape index (κ2) is 11.6. The van der Waals surface area contributed by atoms with E-state index in [0.717, 1.165) is 31.2 Å². The van der Waals surface area contributed by atoms with E-state index in [-0.39, 0.29) is 36.1 Å². The number of carbonyl (C=O) groups is 3. The molecule has 11 nitrogen and oxygen atoms in total. The Hall–Kier alpha value is -3.99. The molecule has 2 aliphatic carbocycles. The van der Waals surface area contributed by atoms with E-state index in [1.807, 2.05) is 6.07 Å². The van der Waals surface area contributed by atoms with Crippen molar-refractivity contribution < 1.29 is 29.0 Å². The second-order valence-electron chi connectivity index (χ2n) is 11.0. The molecule has 1 aromatic carbocycles. The van der Waals surface area contributed by atoms with Crippen molar-refractivity contribution in [3.63, 3.8) is 0 Å². The number of aryl methyl sites for hydroxylation is 1. The molecule has 2 aromatic heterocycles. The SMILES string of the molecule is CC(C)[C@H](NC(=O)c1cnc(-c2cccc(-c3cc(C(=O)NC(C4CC4)C4CC4)n(CCCO)n3)c2)o1)C(=O)O. The maximum absolute atomic E-state index is 13.3. The fourth-order valence-corrected chi connectivity index (χ4v) is 4.94. The van der Waals surface area contributed by atoms with E-state index in [9.17, 15) is 24.6 Å². The third-order valence-electron chi connectivity index (χ3n) is 7.45. The van der Waals surface area contributed by atoms with Gasteiger partial charge in [0.1, 0.15) is 11.7 Å². The van der Waals surface area contributed by atoms with Crippen LogP contribution in [0.4, 0.5) is 0 Å². The third-order valence-corrected chi connectivity index (χ3v) is 7.45. The number of hydrogen-bond donors (Lipinski definition) is 4. The van der Waals surface area contributed by atoms with Gasteiger partial charge in [0.2, 0.25) is 11.7 Å². The van der Waals surface area contributed by atoms with Crippen LogP contribution < -0.4 is 10.6 Å². The van der Waals surface area contributed by atoms with Gasteiger partial charge >= 0.3 is 5.97 Å². The van der Waals surface area contributed by atoms with Crippen molar-refractivity contribution in [1.29, 1.82) is 0 Å².